The number of oxazole rings is 1. The second-order valence-corrected chi connectivity index (χ2v) is 5.30. The Balaban J connectivity index is 1.54. The van der Waals surface area contributed by atoms with Gasteiger partial charge in [-0.3, -0.25) is 4.79 Å². The van der Waals surface area contributed by atoms with Gasteiger partial charge in [-0.25, -0.2) is 4.98 Å². The molecule has 1 N–H and O–H groups in total. The summed E-state index contributed by atoms with van der Waals surface area (Å²) >= 11 is 0. The minimum Gasteiger partial charge on any atom is -0.441 e. The fourth-order valence-corrected chi connectivity index (χ4v) is 2.43. The normalized spacial score (nSPS) is 10.8. The number of hydrogen-bond donors (Lipinski definition) is 1. The third-order valence-corrected chi connectivity index (χ3v) is 3.50. The van der Waals surface area contributed by atoms with Gasteiger partial charge < -0.3 is 9.73 Å². The van der Waals surface area contributed by atoms with E-state index in [9.17, 15) is 4.79 Å². The van der Waals surface area contributed by atoms with Gasteiger partial charge in [-0.15, -0.1) is 0 Å². The van der Waals surface area contributed by atoms with E-state index in [1.54, 1.807) is 0 Å². The Kier molecular flexibility index (Phi) is 4.19. The molecule has 0 bridgehead atoms. The van der Waals surface area contributed by atoms with E-state index in [0.717, 1.165) is 23.1 Å². The summed E-state index contributed by atoms with van der Waals surface area (Å²) in [5.74, 6) is 0.658. The fraction of sp³-hybridized carbons (Fsp3) is 0.222. The average Bonchev–Trinajstić information content (AvgIpc) is 2.87. The van der Waals surface area contributed by atoms with Crippen molar-refractivity contribution in [1.82, 2.24) is 10.3 Å². The summed E-state index contributed by atoms with van der Waals surface area (Å²) in [6, 6.07) is 15.8. The molecule has 0 aliphatic heterocycles. The van der Waals surface area contributed by atoms with E-state index < -0.39 is 0 Å². The monoisotopic (exact) mass is 294 g/mol. The van der Waals surface area contributed by atoms with Crippen molar-refractivity contribution in [2.45, 2.75) is 19.8 Å². The zero-order chi connectivity index (χ0) is 15.4. The average molecular weight is 294 g/mol. The molecule has 1 aromatic heterocycles. The van der Waals surface area contributed by atoms with Gasteiger partial charge in [0.15, 0.2) is 11.5 Å². The van der Waals surface area contributed by atoms with Crippen molar-refractivity contribution >= 4 is 17.0 Å². The van der Waals surface area contributed by atoms with E-state index in [0.29, 0.717) is 18.9 Å². The molecule has 0 unspecified atom stereocenters. The van der Waals surface area contributed by atoms with Crippen LogP contribution in [0.4, 0.5) is 0 Å². The first-order valence-corrected chi connectivity index (χ1v) is 7.37. The molecule has 3 rings (SSSR count). The molecule has 0 aliphatic carbocycles. The number of amides is 1. The van der Waals surface area contributed by atoms with Crippen LogP contribution in [0.3, 0.4) is 0 Å². The van der Waals surface area contributed by atoms with Gasteiger partial charge in [-0.05, 0) is 29.7 Å². The van der Waals surface area contributed by atoms with Crippen LogP contribution in [0.1, 0.15) is 17.0 Å². The van der Waals surface area contributed by atoms with Crippen LogP contribution < -0.4 is 5.32 Å². The summed E-state index contributed by atoms with van der Waals surface area (Å²) < 4.78 is 5.49. The Morgan fingerprint density at radius 2 is 1.95 bits per heavy atom. The van der Waals surface area contributed by atoms with Crippen molar-refractivity contribution in [3.8, 4) is 0 Å². The molecule has 0 aliphatic rings. The number of benzene rings is 2. The van der Waals surface area contributed by atoms with Gasteiger partial charge in [0.05, 0.1) is 6.42 Å². The molecule has 0 spiro atoms. The van der Waals surface area contributed by atoms with Crippen LogP contribution in [-0.2, 0) is 17.6 Å². The Morgan fingerprint density at radius 3 is 2.77 bits per heavy atom. The molecule has 0 fully saturated rings. The van der Waals surface area contributed by atoms with Crippen LogP contribution in [0.2, 0.25) is 0 Å². The summed E-state index contributed by atoms with van der Waals surface area (Å²) in [7, 11) is 0. The van der Waals surface area contributed by atoms with Gasteiger partial charge in [0.25, 0.3) is 0 Å². The Labute approximate surface area is 129 Å². The van der Waals surface area contributed by atoms with Crippen LogP contribution in [0.25, 0.3) is 11.1 Å². The van der Waals surface area contributed by atoms with E-state index >= 15 is 0 Å². The first-order valence-electron chi connectivity index (χ1n) is 7.37. The first kappa shape index (κ1) is 14.3. The van der Waals surface area contributed by atoms with E-state index in [2.05, 4.69) is 22.4 Å². The maximum Gasteiger partial charge on any atom is 0.224 e. The summed E-state index contributed by atoms with van der Waals surface area (Å²) in [4.78, 5) is 16.2. The lowest BCUT2D eigenvalue weighted by Gasteiger charge is -2.05. The lowest BCUT2D eigenvalue weighted by molar-refractivity contribution is -0.120. The highest BCUT2D eigenvalue weighted by atomic mass is 16.3. The summed E-state index contributed by atoms with van der Waals surface area (Å²) in [5, 5.41) is 2.95. The van der Waals surface area contributed by atoms with Crippen LogP contribution >= 0.6 is 0 Å². The molecule has 0 saturated carbocycles. The van der Waals surface area contributed by atoms with Gasteiger partial charge in [0.2, 0.25) is 5.91 Å². The van der Waals surface area contributed by atoms with Crippen LogP contribution in [-0.4, -0.2) is 17.4 Å². The zero-order valence-electron chi connectivity index (χ0n) is 12.5. The summed E-state index contributed by atoms with van der Waals surface area (Å²) in [6.07, 6.45) is 1.19. The predicted octanol–water partition coefficient (Wildman–Crippen LogP) is 3.04. The Hall–Kier alpha value is -2.62. The van der Waals surface area contributed by atoms with Crippen molar-refractivity contribution in [1.29, 1.82) is 0 Å². The number of carbonyl (C=O) groups excluding carboxylic acids is 1. The first-order chi connectivity index (χ1) is 10.7. The maximum absolute atomic E-state index is 12.0. The predicted molar refractivity (Wildman–Crippen MR) is 85.6 cm³/mol. The number of carbonyl (C=O) groups is 1. The van der Waals surface area contributed by atoms with Crippen molar-refractivity contribution in [3.63, 3.8) is 0 Å². The van der Waals surface area contributed by atoms with Gasteiger partial charge in [0, 0.05) is 13.5 Å². The van der Waals surface area contributed by atoms with Gasteiger partial charge in [-0.2, -0.15) is 0 Å². The van der Waals surface area contributed by atoms with E-state index in [4.69, 9.17) is 4.42 Å². The van der Waals surface area contributed by atoms with Gasteiger partial charge in [0.1, 0.15) is 5.52 Å². The minimum atomic E-state index is 0.0199. The number of rotatable bonds is 5. The molecule has 22 heavy (non-hydrogen) atoms. The minimum absolute atomic E-state index is 0.0199. The molecule has 2 aromatic carbocycles. The molecule has 1 amide bonds. The lowest BCUT2D eigenvalue weighted by Crippen LogP contribution is -2.27. The Bertz CT molecular complexity index is 778. The van der Waals surface area contributed by atoms with Crippen molar-refractivity contribution in [3.05, 3.63) is 65.5 Å². The topological polar surface area (TPSA) is 55.1 Å². The van der Waals surface area contributed by atoms with Gasteiger partial charge in [-0.1, -0.05) is 36.4 Å². The maximum atomic E-state index is 12.0. The largest absolute Gasteiger partial charge is 0.441 e. The number of nitrogens with zero attached hydrogens (tertiary/aromatic N) is 1. The van der Waals surface area contributed by atoms with Crippen LogP contribution in [0.15, 0.2) is 52.9 Å². The lowest BCUT2D eigenvalue weighted by atomic mass is 10.1. The molecular weight excluding hydrogens is 276 g/mol. The summed E-state index contributed by atoms with van der Waals surface area (Å²) in [6.45, 7) is 2.46. The Morgan fingerprint density at radius 1 is 1.14 bits per heavy atom. The number of aromatic nitrogens is 1. The molecule has 4 heteroatoms. The second-order valence-electron chi connectivity index (χ2n) is 5.30. The molecule has 112 valence electrons. The second kappa shape index (κ2) is 6.43. The van der Waals surface area contributed by atoms with E-state index in [-0.39, 0.29) is 5.91 Å². The number of hydrogen-bond acceptors (Lipinski definition) is 3. The highest BCUT2D eigenvalue weighted by molar-refractivity contribution is 5.81. The summed E-state index contributed by atoms with van der Waals surface area (Å²) in [5.41, 5.74) is 3.71. The molecule has 1 heterocycles. The molecular formula is C18H18N2O2. The van der Waals surface area contributed by atoms with Gasteiger partial charge >= 0.3 is 0 Å². The highest BCUT2D eigenvalue weighted by Crippen LogP contribution is 2.17. The van der Waals surface area contributed by atoms with Crippen molar-refractivity contribution in [2.75, 3.05) is 6.54 Å². The zero-order valence-corrected chi connectivity index (χ0v) is 12.5. The number of nitrogens with one attached hydrogen (secondary N) is 1. The van der Waals surface area contributed by atoms with Crippen LogP contribution in [0.5, 0.6) is 0 Å². The highest BCUT2D eigenvalue weighted by Gasteiger charge is 2.07. The van der Waals surface area contributed by atoms with E-state index in [1.165, 1.54) is 5.56 Å². The molecule has 0 radical (unpaired) electrons. The quantitative estimate of drug-likeness (QED) is 0.787. The number of aryl methyl sites for hydroxylation is 1. The molecule has 3 aromatic rings. The number of fused-ring (bicyclic) bond motifs is 1. The molecule has 4 nitrogen and oxygen atoms in total. The van der Waals surface area contributed by atoms with Crippen LogP contribution in [0, 0.1) is 6.92 Å². The molecule has 0 saturated heterocycles. The van der Waals surface area contributed by atoms with E-state index in [1.807, 2.05) is 43.3 Å². The third kappa shape index (κ3) is 3.52. The smallest absolute Gasteiger partial charge is 0.224 e. The van der Waals surface area contributed by atoms with Crippen molar-refractivity contribution < 1.29 is 9.21 Å². The molecule has 0 atom stereocenters. The standard InChI is InChI=1S/C18H18N2O2/c1-13-20-16-8-7-15(11-17(16)22-13)12-18(21)19-10-9-14-5-3-2-4-6-14/h2-8,11H,9-10,12H2,1H3,(H,19,21). The SMILES string of the molecule is Cc1nc2ccc(CC(=O)NCCc3ccccc3)cc2o1. The fourth-order valence-electron chi connectivity index (χ4n) is 2.43. The van der Waals surface area contributed by atoms with Crippen molar-refractivity contribution in [2.24, 2.45) is 0 Å². The third-order valence-electron chi connectivity index (χ3n) is 3.50.